The van der Waals surface area contributed by atoms with E-state index in [2.05, 4.69) is 18.7 Å². The summed E-state index contributed by atoms with van der Waals surface area (Å²) in [4.78, 5) is 2.53. The lowest BCUT2D eigenvalue weighted by molar-refractivity contribution is 0.0734. The van der Waals surface area contributed by atoms with Crippen molar-refractivity contribution in [3.63, 3.8) is 0 Å². The molecular formula is C16H32N2O. The molecule has 2 fully saturated rings. The van der Waals surface area contributed by atoms with E-state index in [1.165, 1.54) is 44.9 Å². The quantitative estimate of drug-likeness (QED) is 0.805. The summed E-state index contributed by atoms with van der Waals surface area (Å²) in [6.45, 7) is 6.83. The molecule has 2 saturated carbocycles. The first kappa shape index (κ1) is 15.3. The second-order valence-corrected chi connectivity index (χ2v) is 7.32. The lowest BCUT2D eigenvalue weighted by atomic mass is 9.68. The van der Waals surface area contributed by atoms with Crippen molar-refractivity contribution in [1.82, 2.24) is 4.90 Å². The van der Waals surface area contributed by atoms with Crippen molar-refractivity contribution < 1.29 is 5.11 Å². The number of aliphatic hydroxyl groups is 1. The van der Waals surface area contributed by atoms with Crippen LogP contribution in [-0.4, -0.2) is 41.8 Å². The first-order chi connectivity index (χ1) is 9.04. The van der Waals surface area contributed by atoms with Gasteiger partial charge in [0.25, 0.3) is 0 Å². The second-order valence-electron chi connectivity index (χ2n) is 7.32. The molecule has 3 N–H and O–H groups in total. The van der Waals surface area contributed by atoms with Crippen LogP contribution >= 0.6 is 0 Å². The third kappa shape index (κ3) is 3.71. The van der Waals surface area contributed by atoms with E-state index in [1.54, 1.807) is 0 Å². The fourth-order valence-corrected chi connectivity index (χ4v) is 4.13. The van der Waals surface area contributed by atoms with Gasteiger partial charge in [0.15, 0.2) is 0 Å². The number of rotatable bonds is 5. The molecule has 0 amide bonds. The number of hydrogen-bond donors (Lipinski definition) is 2. The highest BCUT2D eigenvalue weighted by atomic mass is 16.3. The van der Waals surface area contributed by atoms with Gasteiger partial charge in [0, 0.05) is 25.2 Å². The summed E-state index contributed by atoms with van der Waals surface area (Å²) in [5.74, 6) is 0.607. The van der Waals surface area contributed by atoms with Gasteiger partial charge < -0.3 is 10.8 Å². The van der Waals surface area contributed by atoms with Crippen molar-refractivity contribution in [3.8, 4) is 0 Å². The van der Waals surface area contributed by atoms with Gasteiger partial charge in [-0.2, -0.15) is 0 Å². The normalized spacial score (nSPS) is 32.1. The maximum atomic E-state index is 9.32. The molecule has 0 radical (unpaired) electrons. The average Bonchev–Trinajstić information content (AvgIpc) is 2.88. The van der Waals surface area contributed by atoms with Crippen LogP contribution in [0.15, 0.2) is 0 Å². The van der Waals surface area contributed by atoms with Crippen LogP contribution in [0.25, 0.3) is 0 Å². The minimum Gasteiger partial charge on any atom is -0.395 e. The van der Waals surface area contributed by atoms with Crippen LogP contribution in [0.1, 0.15) is 58.8 Å². The molecule has 2 aliphatic rings. The van der Waals surface area contributed by atoms with E-state index in [9.17, 15) is 5.11 Å². The summed E-state index contributed by atoms with van der Waals surface area (Å²) in [5.41, 5.74) is 6.79. The van der Waals surface area contributed by atoms with E-state index < -0.39 is 0 Å². The zero-order valence-corrected chi connectivity index (χ0v) is 12.8. The van der Waals surface area contributed by atoms with Gasteiger partial charge in [0.2, 0.25) is 0 Å². The molecule has 2 rings (SSSR count). The van der Waals surface area contributed by atoms with Gasteiger partial charge in [-0.3, -0.25) is 4.90 Å². The molecule has 0 aromatic heterocycles. The minimum atomic E-state index is 0.280. The Morgan fingerprint density at radius 1 is 1.16 bits per heavy atom. The highest BCUT2D eigenvalue weighted by Crippen LogP contribution is 2.38. The Morgan fingerprint density at radius 3 is 2.47 bits per heavy atom. The molecule has 0 aromatic rings. The van der Waals surface area contributed by atoms with Crippen LogP contribution in [0.2, 0.25) is 0 Å². The molecule has 112 valence electrons. The predicted molar refractivity (Wildman–Crippen MR) is 80.0 cm³/mol. The fraction of sp³-hybridized carbons (Fsp3) is 1.00. The Kier molecular flexibility index (Phi) is 5.27. The Bertz CT molecular complexity index is 272. The van der Waals surface area contributed by atoms with Crippen LogP contribution < -0.4 is 5.73 Å². The van der Waals surface area contributed by atoms with Crippen molar-refractivity contribution in [2.24, 2.45) is 17.1 Å². The van der Waals surface area contributed by atoms with Gasteiger partial charge in [0.1, 0.15) is 0 Å². The second kappa shape index (κ2) is 6.55. The van der Waals surface area contributed by atoms with Crippen LogP contribution in [-0.2, 0) is 0 Å². The molecular weight excluding hydrogens is 236 g/mol. The number of hydrogen-bond acceptors (Lipinski definition) is 3. The van der Waals surface area contributed by atoms with Crippen LogP contribution in [0, 0.1) is 11.3 Å². The topological polar surface area (TPSA) is 49.5 Å². The molecule has 0 aromatic carbocycles. The molecule has 3 nitrogen and oxygen atoms in total. The molecule has 0 spiro atoms. The zero-order chi connectivity index (χ0) is 13.9. The Labute approximate surface area is 118 Å². The molecule has 2 atom stereocenters. The Morgan fingerprint density at radius 2 is 1.84 bits per heavy atom. The standard InChI is InChI=1S/C16H32N2O/c1-16(2)9-5-6-13(15(16)17)12-18(10-11-19)14-7-3-4-8-14/h13-15,19H,3-12,17H2,1-2H3. The van der Waals surface area contributed by atoms with E-state index in [0.29, 0.717) is 18.0 Å². The van der Waals surface area contributed by atoms with Crippen molar-refractivity contribution in [3.05, 3.63) is 0 Å². The van der Waals surface area contributed by atoms with Crippen LogP contribution in [0.3, 0.4) is 0 Å². The van der Waals surface area contributed by atoms with E-state index in [-0.39, 0.29) is 12.0 Å². The van der Waals surface area contributed by atoms with E-state index in [0.717, 1.165) is 13.1 Å². The highest BCUT2D eigenvalue weighted by molar-refractivity contribution is 4.93. The first-order valence-corrected chi connectivity index (χ1v) is 8.15. The van der Waals surface area contributed by atoms with Gasteiger partial charge in [-0.05, 0) is 37.0 Å². The molecule has 0 bridgehead atoms. The average molecular weight is 268 g/mol. The molecule has 2 aliphatic carbocycles. The number of aliphatic hydroxyl groups excluding tert-OH is 1. The van der Waals surface area contributed by atoms with Crippen molar-refractivity contribution in [1.29, 1.82) is 0 Å². The third-order valence-electron chi connectivity index (χ3n) is 5.50. The highest BCUT2D eigenvalue weighted by Gasteiger charge is 2.37. The molecule has 2 unspecified atom stereocenters. The zero-order valence-electron chi connectivity index (χ0n) is 12.8. The summed E-state index contributed by atoms with van der Waals surface area (Å²) in [6, 6.07) is 1.01. The molecule has 3 heteroatoms. The van der Waals surface area contributed by atoms with Gasteiger partial charge in [-0.15, -0.1) is 0 Å². The third-order valence-corrected chi connectivity index (χ3v) is 5.50. The maximum Gasteiger partial charge on any atom is 0.0558 e. The lowest BCUT2D eigenvalue weighted by Crippen LogP contribution is -2.51. The molecule has 19 heavy (non-hydrogen) atoms. The summed E-state index contributed by atoms with van der Waals surface area (Å²) in [6.07, 6.45) is 9.16. The monoisotopic (exact) mass is 268 g/mol. The Balaban J connectivity index is 1.95. The Hall–Kier alpha value is -0.120. The SMILES string of the molecule is CC1(C)CCCC(CN(CCO)C2CCCC2)C1N. The number of nitrogens with two attached hydrogens (primary N) is 1. The summed E-state index contributed by atoms with van der Waals surface area (Å²) >= 11 is 0. The predicted octanol–water partition coefficient (Wildman–Crippen LogP) is 2.38. The van der Waals surface area contributed by atoms with Crippen molar-refractivity contribution in [2.45, 2.75) is 70.9 Å². The molecule has 0 heterocycles. The van der Waals surface area contributed by atoms with Crippen LogP contribution in [0.5, 0.6) is 0 Å². The molecule has 0 saturated heterocycles. The van der Waals surface area contributed by atoms with Gasteiger partial charge in [-0.25, -0.2) is 0 Å². The van der Waals surface area contributed by atoms with Gasteiger partial charge in [0.05, 0.1) is 6.61 Å². The fourth-order valence-electron chi connectivity index (χ4n) is 4.13. The maximum absolute atomic E-state index is 9.32. The van der Waals surface area contributed by atoms with E-state index in [1.807, 2.05) is 0 Å². The van der Waals surface area contributed by atoms with Crippen molar-refractivity contribution in [2.75, 3.05) is 19.7 Å². The van der Waals surface area contributed by atoms with Crippen LogP contribution in [0.4, 0.5) is 0 Å². The summed E-state index contributed by atoms with van der Waals surface area (Å²) in [5, 5.41) is 9.32. The van der Waals surface area contributed by atoms with Gasteiger partial charge in [-0.1, -0.05) is 33.1 Å². The van der Waals surface area contributed by atoms with E-state index >= 15 is 0 Å². The number of nitrogens with zero attached hydrogens (tertiary/aromatic N) is 1. The summed E-state index contributed by atoms with van der Waals surface area (Å²) < 4.78 is 0. The minimum absolute atomic E-state index is 0.280. The first-order valence-electron chi connectivity index (χ1n) is 8.15. The molecule has 0 aliphatic heterocycles. The largest absolute Gasteiger partial charge is 0.395 e. The van der Waals surface area contributed by atoms with Crippen molar-refractivity contribution >= 4 is 0 Å². The lowest BCUT2D eigenvalue weighted by Gasteiger charge is -2.44. The van der Waals surface area contributed by atoms with E-state index in [4.69, 9.17) is 5.73 Å². The summed E-state index contributed by atoms with van der Waals surface area (Å²) in [7, 11) is 0. The van der Waals surface area contributed by atoms with Gasteiger partial charge >= 0.3 is 0 Å². The smallest absolute Gasteiger partial charge is 0.0558 e.